The molecular formula is C10H5ClN4O6. The average Bonchev–Trinajstić information content (AvgIpc) is 2.86. The number of carbonyl (C=O) groups is 1. The number of nitrogens with zero attached hydrogens (tertiary/aromatic N) is 4. The fraction of sp³-hybridized carbons (Fsp3) is 0. The number of aromatic nitrogens is 2. The Morgan fingerprint density at radius 3 is 2.43 bits per heavy atom. The molecular weight excluding hydrogens is 308 g/mol. The molecule has 0 aliphatic rings. The van der Waals surface area contributed by atoms with E-state index in [2.05, 4.69) is 5.10 Å². The Morgan fingerprint density at radius 1 is 1.29 bits per heavy atom. The number of aromatic carboxylic acids is 1. The molecule has 1 heterocycles. The minimum absolute atomic E-state index is 0.192. The summed E-state index contributed by atoms with van der Waals surface area (Å²) in [6.07, 6.45) is 1.14. The number of rotatable bonds is 4. The van der Waals surface area contributed by atoms with E-state index in [0.29, 0.717) is 0 Å². The van der Waals surface area contributed by atoms with Gasteiger partial charge in [0, 0.05) is 12.1 Å². The third-order valence-corrected chi connectivity index (χ3v) is 2.77. The Balaban J connectivity index is 2.69. The van der Waals surface area contributed by atoms with Crippen LogP contribution in [0.25, 0.3) is 5.69 Å². The predicted molar refractivity (Wildman–Crippen MR) is 68.8 cm³/mol. The minimum Gasteiger partial charge on any atom is -0.478 e. The number of non-ortho nitro benzene ring substituents is 1. The maximum absolute atomic E-state index is 11.2. The Hall–Kier alpha value is -3.01. The summed E-state index contributed by atoms with van der Waals surface area (Å²) in [6, 6.07) is 2.79. The first-order chi connectivity index (χ1) is 9.81. The molecule has 2 rings (SSSR count). The van der Waals surface area contributed by atoms with Crippen molar-refractivity contribution in [1.82, 2.24) is 9.78 Å². The molecule has 11 heteroatoms. The molecule has 0 bridgehead atoms. The van der Waals surface area contributed by atoms with Gasteiger partial charge in [0.2, 0.25) is 0 Å². The first kappa shape index (κ1) is 14.4. The van der Waals surface area contributed by atoms with Crippen LogP contribution >= 0.6 is 11.6 Å². The summed E-state index contributed by atoms with van der Waals surface area (Å²) in [6.45, 7) is 0. The van der Waals surface area contributed by atoms with E-state index in [-0.39, 0.29) is 10.7 Å². The normalized spacial score (nSPS) is 10.3. The van der Waals surface area contributed by atoms with Gasteiger partial charge in [-0.05, 0) is 4.92 Å². The molecule has 10 nitrogen and oxygen atoms in total. The second kappa shape index (κ2) is 5.17. The zero-order valence-electron chi connectivity index (χ0n) is 9.96. The van der Waals surface area contributed by atoms with Crippen molar-refractivity contribution >= 4 is 29.1 Å². The van der Waals surface area contributed by atoms with Gasteiger partial charge < -0.3 is 15.2 Å². The van der Waals surface area contributed by atoms with Gasteiger partial charge in [-0.25, -0.2) is 4.79 Å². The largest absolute Gasteiger partial charge is 0.478 e. The van der Waals surface area contributed by atoms with Crippen molar-refractivity contribution in [2.45, 2.75) is 0 Å². The molecule has 0 radical (unpaired) electrons. The summed E-state index contributed by atoms with van der Waals surface area (Å²) in [7, 11) is 0. The molecule has 0 fully saturated rings. The van der Waals surface area contributed by atoms with Crippen LogP contribution < -0.4 is 0 Å². The molecule has 2 aromatic rings. The highest BCUT2D eigenvalue weighted by Gasteiger charge is 2.24. The van der Waals surface area contributed by atoms with Crippen LogP contribution in [0.1, 0.15) is 10.4 Å². The number of hydrogen-bond donors (Lipinski definition) is 1. The first-order valence-corrected chi connectivity index (χ1v) is 5.60. The number of carboxylic acid groups (broad SMARTS) is 1. The topological polar surface area (TPSA) is 141 Å². The van der Waals surface area contributed by atoms with Crippen molar-refractivity contribution in [3.63, 3.8) is 0 Å². The van der Waals surface area contributed by atoms with Crippen LogP contribution in [0.15, 0.2) is 24.4 Å². The van der Waals surface area contributed by atoms with Crippen LogP contribution in [0.4, 0.5) is 11.5 Å². The van der Waals surface area contributed by atoms with E-state index < -0.39 is 32.9 Å². The molecule has 0 atom stereocenters. The quantitative estimate of drug-likeness (QED) is 0.672. The maximum atomic E-state index is 11.2. The second-order valence-corrected chi connectivity index (χ2v) is 4.17. The molecule has 0 spiro atoms. The van der Waals surface area contributed by atoms with Crippen molar-refractivity contribution in [2.75, 3.05) is 0 Å². The first-order valence-electron chi connectivity index (χ1n) is 5.23. The van der Waals surface area contributed by atoms with E-state index in [9.17, 15) is 25.0 Å². The highest BCUT2D eigenvalue weighted by Crippen LogP contribution is 2.30. The number of benzene rings is 1. The third-order valence-electron chi connectivity index (χ3n) is 2.48. The summed E-state index contributed by atoms with van der Waals surface area (Å²) >= 11 is 5.85. The Kier molecular flexibility index (Phi) is 3.54. The van der Waals surface area contributed by atoms with Gasteiger partial charge >= 0.3 is 11.8 Å². The lowest BCUT2D eigenvalue weighted by atomic mass is 10.1. The van der Waals surface area contributed by atoms with Crippen molar-refractivity contribution in [1.29, 1.82) is 0 Å². The van der Waals surface area contributed by atoms with Crippen LogP contribution in [0, 0.1) is 20.2 Å². The van der Waals surface area contributed by atoms with E-state index in [4.69, 9.17) is 16.7 Å². The highest BCUT2D eigenvalue weighted by molar-refractivity contribution is 6.33. The summed E-state index contributed by atoms with van der Waals surface area (Å²) < 4.78 is 0.883. The van der Waals surface area contributed by atoms with Crippen molar-refractivity contribution in [3.8, 4) is 5.69 Å². The van der Waals surface area contributed by atoms with Crippen LogP contribution in [0.5, 0.6) is 0 Å². The van der Waals surface area contributed by atoms with E-state index >= 15 is 0 Å². The van der Waals surface area contributed by atoms with Crippen molar-refractivity contribution < 1.29 is 19.7 Å². The molecule has 21 heavy (non-hydrogen) atoms. The lowest BCUT2D eigenvalue weighted by molar-refractivity contribution is -0.389. The molecule has 0 aliphatic carbocycles. The fourth-order valence-corrected chi connectivity index (χ4v) is 1.92. The molecule has 1 aromatic carbocycles. The maximum Gasteiger partial charge on any atom is 0.390 e. The fourth-order valence-electron chi connectivity index (χ4n) is 1.62. The standard InChI is InChI=1S/C10H5ClN4O6/c11-7-4-5(14(18)19)3-6(10(16)17)9(7)13-2-1-8(12-13)15(20)21/h1-4H,(H,16,17). The Morgan fingerprint density at radius 2 is 1.95 bits per heavy atom. The molecule has 0 saturated heterocycles. The van der Waals surface area contributed by atoms with Crippen LogP contribution in [-0.4, -0.2) is 30.7 Å². The SMILES string of the molecule is O=C(O)c1cc([N+](=O)[O-])cc(Cl)c1-n1ccc([N+](=O)[O-])n1. The van der Waals surface area contributed by atoms with Crippen molar-refractivity contribution in [2.24, 2.45) is 0 Å². The molecule has 0 unspecified atom stereocenters. The van der Waals surface area contributed by atoms with Gasteiger partial charge in [-0.15, -0.1) is 4.68 Å². The second-order valence-electron chi connectivity index (χ2n) is 3.76. The Labute approximate surface area is 120 Å². The minimum atomic E-state index is -1.48. The zero-order chi connectivity index (χ0) is 15.7. The number of hydrogen-bond acceptors (Lipinski definition) is 6. The molecule has 108 valence electrons. The molecule has 0 amide bonds. The van der Waals surface area contributed by atoms with E-state index in [1.54, 1.807) is 0 Å². The van der Waals surface area contributed by atoms with E-state index in [1.807, 2.05) is 0 Å². The van der Waals surface area contributed by atoms with Crippen LogP contribution in [-0.2, 0) is 0 Å². The van der Waals surface area contributed by atoms with Crippen molar-refractivity contribution in [3.05, 3.63) is 55.2 Å². The summed E-state index contributed by atoms with van der Waals surface area (Å²) in [4.78, 5) is 30.9. The summed E-state index contributed by atoms with van der Waals surface area (Å²) in [5, 5.41) is 33.7. The smallest absolute Gasteiger partial charge is 0.390 e. The molecule has 1 N–H and O–H groups in total. The number of halogens is 1. The third kappa shape index (κ3) is 2.65. The van der Waals surface area contributed by atoms with Gasteiger partial charge in [0.1, 0.15) is 5.69 Å². The van der Waals surface area contributed by atoms with E-state index in [0.717, 1.165) is 29.1 Å². The van der Waals surface area contributed by atoms with Gasteiger partial charge in [-0.3, -0.25) is 10.1 Å². The monoisotopic (exact) mass is 312 g/mol. The number of nitro benzene ring substituents is 1. The molecule has 1 aromatic heterocycles. The van der Waals surface area contributed by atoms with Gasteiger partial charge in [0.15, 0.2) is 0 Å². The number of nitro groups is 2. The molecule has 0 saturated carbocycles. The van der Waals surface area contributed by atoms with Crippen LogP contribution in [0.2, 0.25) is 5.02 Å². The lowest BCUT2D eigenvalue weighted by Gasteiger charge is -2.05. The van der Waals surface area contributed by atoms with Crippen LogP contribution in [0.3, 0.4) is 0 Å². The number of carboxylic acids is 1. The van der Waals surface area contributed by atoms with E-state index in [1.165, 1.54) is 0 Å². The predicted octanol–water partition coefficient (Wildman–Crippen LogP) is 2.04. The van der Waals surface area contributed by atoms with Gasteiger partial charge in [-0.2, -0.15) is 0 Å². The molecule has 0 aliphatic heterocycles. The summed E-state index contributed by atoms with van der Waals surface area (Å²) in [5.74, 6) is -1.99. The van der Waals surface area contributed by atoms with Gasteiger partial charge in [0.25, 0.3) is 5.69 Å². The average molecular weight is 313 g/mol. The lowest BCUT2D eigenvalue weighted by Crippen LogP contribution is -2.08. The summed E-state index contributed by atoms with van der Waals surface area (Å²) in [5.41, 5.74) is -1.20. The zero-order valence-corrected chi connectivity index (χ0v) is 10.7. The van der Waals surface area contributed by atoms with Gasteiger partial charge in [-0.1, -0.05) is 11.6 Å². The van der Waals surface area contributed by atoms with Gasteiger partial charge in [0.05, 0.1) is 32.9 Å². The Bertz CT molecular complexity index is 771. The highest BCUT2D eigenvalue weighted by atomic mass is 35.5.